The first kappa shape index (κ1) is 20.9. The predicted molar refractivity (Wildman–Crippen MR) is 108 cm³/mol. The molecule has 0 fully saturated rings. The standard InChI is InChI=1S/C20H22FN3O4S/c1-20(2,13-25)12-24(22-11-14-8-9-16(21)17(10-14)28-3)19-15-6-4-5-7-18(15)29(26,27)23-19/h4-11,25H,12-13H2,1-3H3/b22-11+. The lowest BCUT2D eigenvalue weighted by atomic mass is 9.94. The van der Waals surface area contributed by atoms with Crippen molar-refractivity contribution >= 4 is 22.1 Å². The number of benzene rings is 2. The van der Waals surface area contributed by atoms with Crippen LogP contribution in [0.3, 0.4) is 0 Å². The van der Waals surface area contributed by atoms with E-state index in [9.17, 15) is 17.9 Å². The van der Waals surface area contributed by atoms with E-state index in [0.717, 1.165) is 0 Å². The summed E-state index contributed by atoms with van der Waals surface area (Å²) in [6, 6.07) is 10.8. The molecule has 1 N–H and O–H groups in total. The van der Waals surface area contributed by atoms with Crippen LogP contribution in [0.4, 0.5) is 4.39 Å². The van der Waals surface area contributed by atoms with Crippen LogP contribution in [0.15, 0.2) is 56.9 Å². The summed E-state index contributed by atoms with van der Waals surface area (Å²) in [7, 11) is -2.46. The molecule has 0 unspecified atom stereocenters. The highest BCUT2D eigenvalue weighted by molar-refractivity contribution is 7.90. The molecule has 0 amide bonds. The smallest absolute Gasteiger partial charge is 0.285 e. The van der Waals surface area contributed by atoms with Gasteiger partial charge in [0.25, 0.3) is 10.0 Å². The molecule has 0 bridgehead atoms. The quantitative estimate of drug-likeness (QED) is 0.574. The maximum absolute atomic E-state index is 13.6. The van der Waals surface area contributed by atoms with E-state index in [4.69, 9.17) is 4.74 Å². The summed E-state index contributed by atoms with van der Waals surface area (Å²) < 4.78 is 47.4. The Morgan fingerprint density at radius 1 is 1.28 bits per heavy atom. The summed E-state index contributed by atoms with van der Waals surface area (Å²) in [4.78, 5) is 0.112. The Morgan fingerprint density at radius 3 is 2.69 bits per heavy atom. The van der Waals surface area contributed by atoms with Crippen LogP contribution in [-0.2, 0) is 10.0 Å². The van der Waals surface area contributed by atoms with Gasteiger partial charge in [-0.15, -0.1) is 4.40 Å². The number of fused-ring (bicyclic) bond motifs is 1. The number of sulfonamides is 1. The molecule has 0 spiro atoms. The van der Waals surface area contributed by atoms with E-state index < -0.39 is 21.3 Å². The van der Waals surface area contributed by atoms with Gasteiger partial charge in [0.15, 0.2) is 17.4 Å². The summed E-state index contributed by atoms with van der Waals surface area (Å²) >= 11 is 0. The number of rotatable bonds is 6. The van der Waals surface area contributed by atoms with Gasteiger partial charge in [-0.1, -0.05) is 32.0 Å². The Hall–Kier alpha value is -2.78. The molecule has 2 aromatic rings. The van der Waals surface area contributed by atoms with E-state index >= 15 is 0 Å². The molecule has 7 nitrogen and oxygen atoms in total. The number of amidine groups is 1. The topological polar surface area (TPSA) is 91.6 Å². The minimum atomic E-state index is -3.82. The average Bonchev–Trinajstić information content (AvgIpc) is 2.97. The molecule has 154 valence electrons. The summed E-state index contributed by atoms with van der Waals surface area (Å²) in [6.07, 6.45) is 1.46. The highest BCUT2D eigenvalue weighted by Crippen LogP contribution is 2.29. The van der Waals surface area contributed by atoms with Crippen molar-refractivity contribution in [3.05, 3.63) is 59.4 Å². The van der Waals surface area contributed by atoms with Crippen molar-refractivity contribution in [1.82, 2.24) is 5.01 Å². The fraction of sp³-hybridized carbons (Fsp3) is 0.300. The lowest BCUT2D eigenvalue weighted by Crippen LogP contribution is -2.37. The highest BCUT2D eigenvalue weighted by Gasteiger charge is 2.33. The first-order valence-electron chi connectivity index (χ1n) is 8.87. The van der Waals surface area contributed by atoms with E-state index in [2.05, 4.69) is 9.50 Å². The molecule has 0 saturated heterocycles. The first-order chi connectivity index (χ1) is 13.7. The van der Waals surface area contributed by atoms with Crippen molar-refractivity contribution in [3.63, 3.8) is 0 Å². The fourth-order valence-electron chi connectivity index (χ4n) is 2.79. The van der Waals surface area contributed by atoms with Gasteiger partial charge in [0, 0.05) is 17.6 Å². The van der Waals surface area contributed by atoms with Crippen molar-refractivity contribution in [3.8, 4) is 5.75 Å². The zero-order valence-corrected chi connectivity index (χ0v) is 17.1. The van der Waals surface area contributed by atoms with Gasteiger partial charge in [-0.3, -0.25) is 0 Å². The van der Waals surface area contributed by atoms with Gasteiger partial charge in [0.05, 0.1) is 19.9 Å². The van der Waals surface area contributed by atoms with Crippen LogP contribution < -0.4 is 4.74 Å². The molecule has 29 heavy (non-hydrogen) atoms. The number of methoxy groups -OCH3 is 1. The van der Waals surface area contributed by atoms with E-state index in [1.807, 2.05) is 13.8 Å². The second-order valence-electron chi connectivity index (χ2n) is 7.40. The number of hydrazone groups is 1. The van der Waals surface area contributed by atoms with Gasteiger partial charge in [-0.2, -0.15) is 13.5 Å². The van der Waals surface area contributed by atoms with Gasteiger partial charge in [-0.25, -0.2) is 9.40 Å². The van der Waals surface area contributed by atoms with Crippen molar-refractivity contribution in [1.29, 1.82) is 0 Å². The minimum Gasteiger partial charge on any atom is -0.494 e. The summed E-state index contributed by atoms with van der Waals surface area (Å²) in [5.41, 5.74) is 0.418. The van der Waals surface area contributed by atoms with Crippen LogP contribution in [-0.4, -0.2) is 50.8 Å². The van der Waals surface area contributed by atoms with Gasteiger partial charge >= 0.3 is 0 Å². The van der Waals surface area contributed by atoms with Gasteiger partial charge in [-0.05, 0) is 29.8 Å². The van der Waals surface area contributed by atoms with Gasteiger partial charge in [0.1, 0.15) is 4.90 Å². The van der Waals surface area contributed by atoms with Crippen LogP contribution in [0.25, 0.3) is 0 Å². The van der Waals surface area contributed by atoms with E-state index in [1.54, 1.807) is 18.2 Å². The van der Waals surface area contributed by atoms with Crippen LogP contribution in [0.1, 0.15) is 25.0 Å². The van der Waals surface area contributed by atoms with Crippen molar-refractivity contribution in [2.24, 2.45) is 14.9 Å². The molecule has 9 heteroatoms. The predicted octanol–water partition coefficient (Wildman–Crippen LogP) is 2.64. The molecular weight excluding hydrogens is 397 g/mol. The third-order valence-corrected chi connectivity index (χ3v) is 5.71. The monoisotopic (exact) mass is 419 g/mol. The number of hydrogen-bond acceptors (Lipinski definition) is 6. The minimum absolute atomic E-state index is 0.0716. The summed E-state index contributed by atoms with van der Waals surface area (Å²) in [5.74, 6) is -0.252. The number of aliphatic hydroxyl groups is 1. The molecule has 0 atom stereocenters. The zero-order valence-electron chi connectivity index (χ0n) is 16.3. The number of halogens is 1. The third-order valence-electron chi connectivity index (χ3n) is 4.38. The lowest BCUT2D eigenvalue weighted by Gasteiger charge is -2.29. The summed E-state index contributed by atoms with van der Waals surface area (Å²) in [5, 5.41) is 15.5. The van der Waals surface area contributed by atoms with Crippen LogP contribution >= 0.6 is 0 Å². The molecule has 3 rings (SSSR count). The maximum Gasteiger partial charge on any atom is 0.285 e. The Bertz CT molecular complexity index is 1080. The maximum atomic E-state index is 13.6. The molecular formula is C20H22FN3O4S. The number of hydrogen-bond donors (Lipinski definition) is 1. The fourth-order valence-corrected chi connectivity index (χ4v) is 4.00. The van der Waals surface area contributed by atoms with Crippen LogP contribution in [0, 0.1) is 11.2 Å². The molecule has 1 aliphatic rings. The van der Waals surface area contributed by atoms with Crippen LogP contribution in [0.5, 0.6) is 5.75 Å². The lowest BCUT2D eigenvalue weighted by molar-refractivity contribution is 0.132. The third kappa shape index (κ3) is 4.46. The Kier molecular flexibility index (Phi) is 5.72. The zero-order chi connectivity index (χ0) is 21.2. The Balaban J connectivity index is 2.03. The normalized spacial score (nSPS) is 15.3. The highest BCUT2D eigenvalue weighted by atomic mass is 32.2. The van der Waals surface area contributed by atoms with E-state index in [0.29, 0.717) is 11.1 Å². The number of aliphatic hydroxyl groups excluding tert-OH is 1. The molecule has 0 saturated carbocycles. The largest absolute Gasteiger partial charge is 0.494 e. The number of ether oxygens (including phenoxy) is 1. The van der Waals surface area contributed by atoms with Gasteiger partial charge < -0.3 is 9.84 Å². The molecule has 0 aliphatic carbocycles. The second-order valence-corrected chi connectivity index (χ2v) is 8.98. The Morgan fingerprint density at radius 2 is 2.00 bits per heavy atom. The summed E-state index contributed by atoms with van der Waals surface area (Å²) in [6.45, 7) is 3.73. The van der Waals surface area contributed by atoms with Gasteiger partial charge in [0.2, 0.25) is 0 Å². The van der Waals surface area contributed by atoms with Crippen molar-refractivity contribution < 1.29 is 22.7 Å². The van der Waals surface area contributed by atoms with Crippen molar-refractivity contribution in [2.45, 2.75) is 18.7 Å². The molecule has 1 heterocycles. The molecule has 0 aromatic heterocycles. The average molecular weight is 419 g/mol. The first-order valence-corrected chi connectivity index (χ1v) is 10.3. The van der Waals surface area contributed by atoms with Crippen molar-refractivity contribution in [2.75, 3.05) is 20.3 Å². The molecule has 1 aliphatic heterocycles. The van der Waals surface area contributed by atoms with Crippen LogP contribution in [0.2, 0.25) is 0 Å². The Labute approximate surface area is 169 Å². The number of nitrogens with zero attached hydrogens (tertiary/aromatic N) is 3. The van der Waals surface area contributed by atoms with E-state index in [1.165, 1.54) is 42.6 Å². The van der Waals surface area contributed by atoms with E-state index in [-0.39, 0.29) is 29.6 Å². The SMILES string of the molecule is COc1cc(/C=N/N(CC(C)(C)CO)C2=NS(=O)(=O)c3ccccc32)ccc1F. The molecule has 2 aromatic carbocycles. The molecule has 0 radical (unpaired) electrons. The second kappa shape index (κ2) is 7.92.